The second-order valence-corrected chi connectivity index (χ2v) is 6.75. The second-order valence-electron chi connectivity index (χ2n) is 3.66. The lowest BCUT2D eigenvalue weighted by Gasteiger charge is -2.24. The average molecular weight is 310 g/mol. The van der Waals surface area contributed by atoms with Gasteiger partial charge in [-0.25, -0.2) is 4.79 Å². The summed E-state index contributed by atoms with van der Waals surface area (Å²) in [5, 5.41) is 21.5. The first-order valence-electron chi connectivity index (χ1n) is 5.77. The van der Waals surface area contributed by atoms with E-state index in [1.54, 1.807) is 28.3 Å². The Hall–Kier alpha value is -0.748. The van der Waals surface area contributed by atoms with Gasteiger partial charge in [0.25, 0.3) is 0 Å². The summed E-state index contributed by atoms with van der Waals surface area (Å²) in [6, 6.07) is 0.611. The molecular formula is C10H23BO8Si. The lowest BCUT2D eigenvalue weighted by atomic mass is 10.3. The summed E-state index contributed by atoms with van der Waals surface area (Å²) in [7, 11) is -0.0329. The molecule has 0 spiro atoms. The number of carbonyl (C=O) groups excluding carboxylic acids is 1. The third-order valence-electron chi connectivity index (χ3n) is 2.14. The fourth-order valence-corrected chi connectivity index (χ4v) is 2.82. The van der Waals surface area contributed by atoms with Crippen molar-refractivity contribution in [2.24, 2.45) is 0 Å². The molecular weight excluding hydrogens is 287 g/mol. The van der Waals surface area contributed by atoms with E-state index in [0.717, 1.165) is 0 Å². The Bertz CT molecular complexity index is 271. The monoisotopic (exact) mass is 310 g/mol. The van der Waals surface area contributed by atoms with Crippen LogP contribution in [0.5, 0.6) is 0 Å². The van der Waals surface area contributed by atoms with E-state index in [4.69, 9.17) is 33.1 Å². The fourth-order valence-electron chi connectivity index (χ4n) is 1.13. The minimum Gasteiger partial charge on any atom is -0.462 e. The molecule has 0 unspecified atom stereocenters. The molecule has 0 radical (unpaired) electrons. The first-order chi connectivity index (χ1) is 9.24. The van der Waals surface area contributed by atoms with Crippen LogP contribution in [0.1, 0.15) is 13.3 Å². The third-order valence-corrected chi connectivity index (χ3v) is 4.97. The van der Waals surface area contributed by atoms with E-state index in [2.05, 4.69) is 6.58 Å². The van der Waals surface area contributed by atoms with Crippen LogP contribution in [0.4, 0.5) is 0 Å². The third kappa shape index (κ3) is 11.1. The number of hydrogen-bond acceptors (Lipinski definition) is 8. The summed E-state index contributed by atoms with van der Waals surface area (Å²) in [6.45, 7) is 5.42. The number of carbonyl (C=O) groups is 1. The number of esters is 1. The zero-order valence-corrected chi connectivity index (χ0v) is 13.3. The smallest absolute Gasteiger partial charge is 0.462 e. The standard InChI is InChI=1S/C10H20O5Si.BH3O3/c1-9(2)10(11)15-7-6-8-16(12-3,13-4)14-5;2-1(3)4/h1,6-8H2,2-5H3;2-4H. The quantitative estimate of drug-likeness (QED) is 0.234. The predicted octanol–water partition coefficient (Wildman–Crippen LogP) is -0.678. The van der Waals surface area contributed by atoms with Gasteiger partial charge in [0, 0.05) is 32.9 Å². The van der Waals surface area contributed by atoms with E-state index in [9.17, 15) is 4.79 Å². The predicted molar refractivity (Wildman–Crippen MR) is 74.4 cm³/mol. The lowest BCUT2D eigenvalue weighted by molar-refractivity contribution is -0.139. The molecule has 0 atom stereocenters. The molecule has 8 nitrogen and oxygen atoms in total. The van der Waals surface area contributed by atoms with Gasteiger partial charge in [0.05, 0.1) is 6.61 Å². The number of rotatable bonds is 8. The molecule has 20 heavy (non-hydrogen) atoms. The molecule has 0 aromatic rings. The molecule has 0 bridgehead atoms. The summed E-state index contributed by atoms with van der Waals surface area (Å²) in [6.07, 6.45) is 0.640. The topological polar surface area (TPSA) is 115 Å². The van der Waals surface area contributed by atoms with Crippen molar-refractivity contribution in [1.29, 1.82) is 0 Å². The molecule has 0 aliphatic carbocycles. The van der Waals surface area contributed by atoms with E-state index in [0.29, 0.717) is 24.6 Å². The maximum atomic E-state index is 11.1. The summed E-state index contributed by atoms with van der Waals surface area (Å²) in [5.74, 6) is -0.375. The normalized spacial score (nSPS) is 10.3. The highest BCUT2D eigenvalue weighted by atomic mass is 28.4. The highest BCUT2D eigenvalue weighted by Crippen LogP contribution is 2.14. The van der Waals surface area contributed by atoms with Crippen LogP contribution in [-0.4, -0.2) is 65.1 Å². The minimum atomic E-state index is -2.53. The van der Waals surface area contributed by atoms with Gasteiger partial charge >= 0.3 is 22.1 Å². The Morgan fingerprint density at radius 3 is 1.85 bits per heavy atom. The molecule has 3 N–H and O–H groups in total. The molecule has 0 rings (SSSR count). The molecule has 118 valence electrons. The first-order valence-corrected chi connectivity index (χ1v) is 7.70. The highest BCUT2D eigenvalue weighted by molar-refractivity contribution is 6.60. The van der Waals surface area contributed by atoms with Crippen LogP contribution in [0.3, 0.4) is 0 Å². The van der Waals surface area contributed by atoms with E-state index >= 15 is 0 Å². The Morgan fingerprint density at radius 2 is 1.55 bits per heavy atom. The average Bonchev–Trinajstić information content (AvgIpc) is 2.39. The second kappa shape index (κ2) is 12.0. The van der Waals surface area contributed by atoms with Crippen LogP contribution >= 0.6 is 0 Å². The van der Waals surface area contributed by atoms with Crippen molar-refractivity contribution in [2.75, 3.05) is 27.9 Å². The van der Waals surface area contributed by atoms with Crippen LogP contribution in [0, 0.1) is 0 Å². The van der Waals surface area contributed by atoms with Crippen molar-refractivity contribution in [3.8, 4) is 0 Å². The van der Waals surface area contributed by atoms with Gasteiger partial charge in [0.15, 0.2) is 0 Å². The van der Waals surface area contributed by atoms with Gasteiger partial charge in [0.2, 0.25) is 0 Å². The minimum absolute atomic E-state index is 0.316. The van der Waals surface area contributed by atoms with Gasteiger partial charge < -0.3 is 33.1 Å². The summed E-state index contributed by atoms with van der Waals surface area (Å²) in [5.41, 5.74) is 0.397. The van der Waals surface area contributed by atoms with Gasteiger partial charge in [-0.3, -0.25) is 0 Å². The Kier molecular flexibility index (Phi) is 13.0. The Labute approximate surface area is 120 Å². The van der Waals surface area contributed by atoms with Gasteiger partial charge in [-0.15, -0.1) is 0 Å². The van der Waals surface area contributed by atoms with Gasteiger partial charge in [-0.1, -0.05) is 6.58 Å². The zero-order valence-electron chi connectivity index (χ0n) is 12.3. The molecule has 0 aliphatic rings. The van der Waals surface area contributed by atoms with E-state index in [1.165, 1.54) is 0 Å². The molecule has 10 heteroatoms. The van der Waals surface area contributed by atoms with E-state index in [1.807, 2.05) is 0 Å². The van der Waals surface area contributed by atoms with E-state index < -0.39 is 16.1 Å². The zero-order chi connectivity index (χ0) is 16.2. The van der Waals surface area contributed by atoms with Crippen LogP contribution in [0.25, 0.3) is 0 Å². The number of hydrogen-bond donors (Lipinski definition) is 3. The summed E-state index contributed by atoms with van der Waals surface area (Å²) >= 11 is 0. The van der Waals surface area contributed by atoms with Crippen molar-refractivity contribution < 1.29 is 37.9 Å². The maximum absolute atomic E-state index is 11.1. The first kappa shape index (κ1) is 21.5. The van der Waals surface area contributed by atoms with Gasteiger partial charge in [-0.2, -0.15) is 0 Å². The van der Waals surface area contributed by atoms with Crippen molar-refractivity contribution in [2.45, 2.75) is 19.4 Å². The van der Waals surface area contributed by atoms with E-state index in [-0.39, 0.29) is 5.97 Å². The molecule has 0 heterocycles. The maximum Gasteiger partial charge on any atom is 0.631 e. The van der Waals surface area contributed by atoms with Crippen LogP contribution in [-0.2, 0) is 22.8 Å². The fraction of sp³-hybridized carbons (Fsp3) is 0.700. The van der Waals surface area contributed by atoms with Crippen molar-refractivity contribution in [3.63, 3.8) is 0 Å². The van der Waals surface area contributed by atoms with Gasteiger partial charge in [0.1, 0.15) is 0 Å². The highest BCUT2D eigenvalue weighted by Gasteiger charge is 2.36. The Morgan fingerprint density at radius 1 is 1.15 bits per heavy atom. The molecule has 0 aromatic carbocycles. The van der Waals surface area contributed by atoms with Crippen LogP contribution in [0.2, 0.25) is 6.04 Å². The summed E-state index contributed by atoms with van der Waals surface area (Å²) in [4.78, 5) is 11.1. The largest absolute Gasteiger partial charge is 0.631 e. The van der Waals surface area contributed by atoms with Crippen molar-refractivity contribution >= 4 is 22.1 Å². The lowest BCUT2D eigenvalue weighted by Crippen LogP contribution is -2.42. The SMILES string of the molecule is C=C(C)C(=O)OCCC[Si](OC)(OC)OC.OB(O)O. The molecule has 0 aliphatic heterocycles. The molecule has 0 saturated heterocycles. The van der Waals surface area contributed by atoms with Crippen molar-refractivity contribution in [1.82, 2.24) is 0 Å². The molecule has 0 aromatic heterocycles. The van der Waals surface area contributed by atoms with Gasteiger partial charge in [-0.05, 0) is 13.3 Å². The molecule has 0 saturated carbocycles. The molecule has 0 amide bonds. The van der Waals surface area contributed by atoms with Crippen LogP contribution in [0.15, 0.2) is 12.2 Å². The van der Waals surface area contributed by atoms with Crippen LogP contribution < -0.4 is 0 Å². The van der Waals surface area contributed by atoms with Crippen molar-refractivity contribution in [3.05, 3.63) is 12.2 Å². The molecule has 0 fully saturated rings. The number of ether oxygens (including phenoxy) is 1. The Balaban J connectivity index is 0. The summed E-state index contributed by atoms with van der Waals surface area (Å²) < 4.78 is 20.6.